The standard InChI is InChI=1S/C13H15ClF3N3O2/c1-6(2)10(20-12(18)22)11(21)19-7-3-4-9(14)8(5-7)13(15,16)17/h3-6,10H,1-2H3,(H,19,21)(H3,18,20,22)/t10-/m1/s1. The number of carbonyl (C=O) groups is 2. The number of nitrogens with one attached hydrogen (secondary N) is 2. The second-order valence-corrected chi connectivity index (χ2v) is 5.32. The Hall–Kier alpha value is -1.96. The Balaban J connectivity index is 2.99. The summed E-state index contributed by atoms with van der Waals surface area (Å²) in [7, 11) is 0. The van der Waals surface area contributed by atoms with Crippen molar-refractivity contribution in [3.8, 4) is 0 Å². The summed E-state index contributed by atoms with van der Waals surface area (Å²) in [5.41, 5.74) is 3.82. The van der Waals surface area contributed by atoms with Gasteiger partial charge in [0.05, 0.1) is 10.6 Å². The van der Waals surface area contributed by atoms with Crippen LogP contribution < -0.4 is 16.4 Å². The predicted octanol–water partition coefficient (Wildman–Crippen LogP) is 2.99. The number of primary amides is 1. The molecule has 1 rings (SSSR count). The smallest absolute Gasteiger partial charge is 0.352 e. The molecular formula is C13H15ClF3N3O2. The Morgan fingerprint density at radius 2 is 1.86 bits per heavy atom. The molecule has 0 aliphatic rings. The molecule has 0 aliphatic carbocycles. The van der Waals surface area contributed by atoms with Crippen LogP contribution >= 0.6 is 11.6 Å². The monoisotopic (exact) mass is 337 g/mol. The summed E-state index contributed by atoms with van der Waals surface area (Å²) >= 11 is 5.49. The molecule has 0 aliphatic heterocycles. The van der Waals surface area contributed by atoms with Gasteiger partial charge in [0.1, 0.15) is 6.04 Å². The number of hydrogen-bond acceptors (Lipinski definition) is 2. The van der Waals surface area contributed by atoms with Crippen molar-refractivity contribution in [2.75, 3.05) is 5.32 Å². The van der Waals surface area contributed by atoms with Gasteiger partial charge < -0.3 is 16.4 Å². The van der Waals surface area contributed by atoms with Gasteiger partial charge in [-0.05, 0) is 24.1 Å². The Kier molecular flexibility index (Phi) is 5.65. The van der Waals surface area contributed by atoms with E-state index >= 15 is 0 Å². The zero-order chi connectivity index (χ0) is 17.1. The lowest BCUT2D eigenvalue weighted by molar-refractivity contribution is -0.137. The summed E-state index contributed by atoms with van der Waals surface area (Å²) < 4.78 is 38.3. The summed E-state index contributed by atoms with van der Waals surface area (Å²) in [5, 5.41) is 4.06. The van der Waals surface area contributed by atoms with Crippen LogP contribution in [-0.4, -0.2) is 18.0 Å². The maximum Gasteiger partial charge on any atom is 0.417 e. The van der Waals surface area contributed by atoms with E-state index in [1.165, 1.54) is 6.07 Å². The third-order valence-electron chi connectivity index (χ3n) is 2.79. The quantitative estimate of drug-likeness (QED) is 0.789. The van der Waals surface area contributed by atoms with Crippen LogP contribution in [0.3, 0.4) is 0 Å². The van der Waals surface area contributed by atoms with Crippen molar-refractivity contribution in [1.82, 2.24) is 5.32 Å². The molecule has 4 N–H and O–H groups in total. The van der Waals surface area contributed by atoms with Crippen molar-refractivity contribution in [2.24, 2.45) is 11.7 Å². The van der Waals surface area contributed by atoms with Crippen molar-refractivity contribution in [3.05, 3.63) is 28.8 Å². The van der Waals surface area contributed by atoms with Crippen molar-refractivity contribution in [2.45, 2.75) is 26.1 Å². The zero-order valence-electron chi connectivity index (χ0n) is 11.8. The van der Waals surface area contributed by atoms with Crippen molar-refractivity contribution in [1.29, 1.82) is 0 Å². The summed E-state index contributed by atoms with van der Waals surface area (Å²) in [6.45, 7) is 3.31. The molecular weight excluding hydrogens is 323 g/mol. The molecule has 0 heterocycles. The van der Waals surface area contributed by atoms with Crippen LogP contribution in [0, 0.1) is 5.92 Å². The molecule has 0 aromatic heterocycles. The van der Waals surface area contributed by atoms with Gasteiger partial charge in [0.25, 0.3) is 0 Å². The fraction of sp³-hybridized carbons (Fsp3) is 0.385. The lowest BCUT2D eigenvalue weighted by Crippen LogP contribution is -2.49. The predicted molar refractivity (Wildman–Crippen MR) is 76.4 cm³/mol. The van der Waals surface area contributed by atoms with E-state index in [1.54, 1.807) is 13.8 Å². The van der Waals surface area contributed by atoms with Gasteiger partial charge >= 0.3 is 12.2 Å². The van der Waals surface area contributed by atoms with E-state index in [0.29, 0.717) is 0 Å². The number of anilines is 1. The highest BCUT2D eigenvalue weighted by atomic mass is 35.5. The molecule has 0 fully saturated rings. The van der Waals surface area contributed by atoms with Gasteiger partial charge in [-0.1, -0.05) is 25.4 Å². The number of benzene rings is 1. The van der Waals surface area contributed by atoms with E-state index in [1.807, 2.05) is 0 Å². The first-order valence-corrected chi connectivity index (χ1v) is 6.63. The Bertz CT molecular complexity index is 576. The number of urea groups is 1. The molecule has 22 heavy (non-hydrogen) atoms. The summed E-state index contributed by atoms with van der Waals surface area (Å²) in [6.07, 6.45) is -4.64. The second kappa shape index (κ2) is 6.87. The molecule has 0 radical (unpaired) electrons. The molecule has 0 bridgehead atoms. The van der Waals surface area contributed by atoms with Crippen LogP contribution in [0.5, 0.6) is 0 Å². The van der Waals surface area contributed by atoms with E-state index in [9.17, 15) is 22.8 Å². The minimum absolute atomic E-state index is 0.0846. The van der Waals surface area contributed by atoms with Gasteiger partial charge in [-0.25, -0.2) is 4.79 Å². The third kappa shape index (κ3) is 4.80. The molecule has 0 spiro atoms. The number of halogens is 4. The van der Waals surface area contributed by atoms with Gasteiger partial charge in [0.15, 0.2) is 0 Å². The fourth-order valence-corrected chi connectivity index (χ4v) is 1.95. The summed E-state index contributed by atoms with van der Waals surface area (Å²) in [4.78, 5) is 22.9. The number of alkyl halides is 3. The van der Waals surface area contributed by atoms with Gasteiger partial charge in [0.2, 0.25) is 5.91 Å². The van der Waals surface area contributed by atoms with Gasteiger partial charge in [-0.2, -0.15) is 13.2 Å². The molecule has 5 nitrogen and oxygen atoms in total. The third-order valence-corrected chi connectivity index (χ3v) is 3.12. The molecule has 1 aromatic carbocycles. The van der Waals surface area contributed by atoms with E-state index in [4.69, 9.17) is 17.3 Å². The van der Waals surface area contributed by atoms with Crippen molar-refractivity contribution >= 4 is 29.2 Å². The minimum atomic E-state index is -4.64. The zero-order valence-corrected chi connectivity index (χ0v) is 12.5. The lowest BCUT2D eigenvalue weighted by Gasteiger charge is -2.21. The van der Waals surface area contributed by atoms with Crippen molar-refractivity contribution < 1.29 is 22.8 Å². The topological polar surface area (TPSA) is 84.2 Å². The molecule has 1 aromatic rings. The molecule has 122 valence electrons. The highest BCUT2D eigenvalue weighted by Gasteiger charge is 2.33. The number of carbonyl (C=O) groups excluding carboxylic acids is 2. The van der Waals surface area contributed by atoms with Crippen LogP contribution in [-0.2, 0) is 11.0 Å². The first kappa shape index (κ1) is 18.1. The SMILES string of the molecule is CC(C)[C@@H](NC(N)=O)C(=O)Nc1ccc(Cl)c(C(F)(F)F)c1. The number of rotatable bonds is 4. The van der Waals surface area contributed by atoms with Gasteiger partial charge in [-0.15, -0.1) is 0 Å². The second-order valence-electron chi connectivity index (χ2n) is 4.91. The largest absolute Gasteiger partial charge is 0.417 e. The fourth-order valence-electron chi connectivity index (χ4n) is 1.73. The average Bonchev–Trinajstić information content (AvgIpc) is 2.36. The molecule has 3 amide bonds. The lowest BCUT2D eigenvalue weighted by atomic mass is 10.0. The highest BCUT2D eigenvalue weighted by Crippen LogP contribution is 2.36. The Morgan fingerprint density at radius 3 is 2.32 bits per heavy atom. The van der Waals surface area contributed by atoms with Gasteiger partial charge in [0, 0.05) is 5.69 Å². The molecule has 0 saturated carbocycles. The molecule has 0 saturated heterocycles. The average molecular weight is 338 g/mol. The van der Waals surface area contributed by atoms with Crippen LogP contribution in [0.15, 0.2) is 18.2 Å². The van der Waals surface area contributed by atoms with E-state index in [-0.39, 0.29) is 11.6 Å². The summed E-state index contributed by atoms with van der Waals surface area (Å²) in [6, 6.07) is 1.12. The Labute approximate surface area is 130 Å². The van der Waals surface area contributed by atoms with E-state index in [2.05, 4.69) is 10.6 Å². The van der Waals surface area contributed by atoms with Crippen LogP contribution in [0.2, 0.25) is 5.02 Å². The van der Waals surface area contributed by atoms with E-state index < -0.39 is 34.7 Å². The van der Waals surface area contributed by atoms with E-state index in [0.717, 1.165) is 12.1 Å². The maximum absolute atomic E-state index is 12.8. The van der Waals surface area contributed by atoms with Crippen LogP contribution in [0.25, 0.3) is 0 Å². The minimum Gasteiger partial charge on any atom is -0.352 e. The van der Waals surface area contributed by atoms with Crippen LogP contribution in [0.1, 0.15) is 19.4 Å². The molecule has 0 unspecified atom stereocenters. The highest BCUT2D eigenvalue weighted by molar-refractivity contribution is 6.31. The molecule has 9 heteroatoms. The van der Waals surface area contributed by atoms with Crippen LogP contribution in [0.4, 0.5) is 23.7 Å². The maximum atomic E-state index is 12.8. The van der Waals surface area contributed by atoms with Crippen molar-refractivity contribution in [3.63, 3.8) is 0 Å². The normalized spacial score (nSPS) is 12.9. The summed E-state index contributed by atoms with van der Waals surface area (Å²) in [5.74, 6) is -0.980. The molecule has 1 atom stereocenters. The number of nitrogens with two attached hydrogens (primary N) is 1. The number of hydrogen-bond donors (Lipinski definition) is 3. The van der Waals surface area contributed by atoms with Gasteiger partial charge in [-0.3, -0.25) is 4.79 Å². The Morgan fingerprint density at radius 1 is 1.27 bits per heavy atom. The first-order valence-electron chi connectivity index (χ1n) is 6.26. The number of amides is 3. The first-order chi connectivity index (χ1) is 10.0.